The van der Waals surface area contributed by atoms with Crippen LogP contribution in [-0.4, -0.2) is 15.8 Å². The van der Waals surface area contributed by atoms with E-state index in [-0.39, 0.29) is 17.8 Å². The number of imidazole rings is 1. The predicted octanol–water partition coefficient (Wildman–Crippen LogP) is 2.02. The Morgan fingerprint density at radius 3 is 2.56 bits per heavy atom. The van der Waals surface area contributed by atoms with Crippen LogP contribution in [0.5, 0.6) is 0 Å². The molecule has 0 radical (unpaired) electrons. The molecule has 0 bridgehead atoms. The van der Waals surface area contributed by atoms with Gasteiger partial charge in [0.05, 0.1) is 12.9 Å². The third-order valence-electron chi connectivity index (χ3n) is 2.18. The maximum absolute atomic E-state index is 13.3. The predicted molar refractivity (Wildman–Crippen MR) is 53.1 cm³/mol. The number of aldehydes is 1. The van der Waals surface area contributed by atoms with Gasteiger partial charge in [-0.1, -0.05) is 6.07 Å². The Bertz CT molecular complexity index is 502. The topological polar surface area (TPSA) is 34.9 Å². The van der Waals surface area contributed by atoms with Crippen LogP contribution in [0.15, 0.2) is 30.7 Å². The minimum atomic E-state index is -0.610. The van der Waals surface area contributed by atoms with Crippen LogP contribution in [0.4, 0.5) is 8.78 Å². The van der Waals surface area contributed by atoms with E-state index in [1.807, 2.05) is 0 Å². The van der Waals surface area contributed by atoms with Crippen LogP contribution in [0, 0.1) is 11.6 Å². The van der Waals surface area contributed by atoms with Crippen LogP contribution < -0.4 is 0 Å². The highest BCUT2D eigenvalue weighted by Gasteiger charge is 2.09. The number of hydrogen-bond acceptors (Lipinski definition) is 2. The molecule has 0 aliphatic heterocycles. The van der Waals surface area contributed by atoms with Gasteiger partial charge < -0.3 is 4.57 Å². The molecule has 82 valence electrons. The molecule has 0 fully saturated rings. The summed E-state index contributed by atoms with van der Waals surface area (Å²) in [6.07, 6.45) is 3.36. The molecule has 0 atom stereocenters. The number of hydrogen-bond donors (Lipinski definition) is 0. The molecule has 0 saturated heterocycles. The Hall–Kier alpha value is -2.04. The van der Waals surface area contributed by atoms with Gasteiger partial charge in [0, 0.05) is 11.8 Å². The van der Waals surface area contributed by atoms with Crippen molar-refractivity contribution in [1.82, 2.24) is 9.55 Å². The Balaban J connectivity index is 2.29. The molecule has 0 aliphatic rings. The largest absolute Gasteiger partial charge is 0.332 e. The van der Waals surface area contributed by atoms with Crippen molar-refractivity contribution in [2.45, 2.75) is 6.54 Å². The summed E-state index contributed by atoms with van der Waals surface area (Å²) < 4.78 is 28.0. The van der Waals surface area contributed by atoms with Crippen LogP contribution in [0.1, 0.15) is 16.1 Å². The molecular weight excluding hydrogens is 214 g/mol. The minimum Gasteiger partial charge on any atom is -0.332 e. The highest BCUT2D eigenvalue weighted by atomic mass is 19.1. The molecule has 3 nitrogen and oxygen atoms in total. The third kappa shape index (κ3) is 1.98. The molecule has 1 aromatic heterocycles. The lowest BCUT2D eigenvalue weighted by molar-refractivity contribution is 0.111. The van der Waals surface area contributed by atoms with Gasteiger partial charge in [-0.2, -0.15) is 0 Å². The van der Waals surface area contributed by atoms with Gasteiger partial charge in [-0.05, 0) is 12.1 Å². The highest BCUT2D eigenvalue weighted by Crippen LogP contribution is 2.13. The highest BCUT2D eigenvalue weighted by molar-refractivity contribution is 5.70. The van der Waals surface area contributed by atoms with Crippen molar-refractivity contribution in [1.29, 1.82) is 0 Å². The number of benzene rings is 1. The second-order valence-corrected chi connectivity index (χ2v) is 3.29. The molecule has 0 saturated carbocycles. The molecule has 2 rings (SSSR count). The van der Waals surface area contributed by atoms with E-state index in [0.717, 1.165) is 0 Å². The fourth-order valence-electron chi connectivity index (χ4n) is 1.39. The van der Waals surface area contributed by atoms with E-state index < -0.39 is 11.6 Å². The van der Waals surface area contributed by atoms with Gasteiger partial charge in [0.15, 0.2) is 6.29 Å². The Morgan fingerprint density at radius 2 is 2.00 bits per heavy atom. The number of carbonyl (C=O) groups is 1. The monoisotopic (exact) mass is 222 g/mol. The summed E-state index contributed by atoms with van der Waals surface area (Å²) in [6, 6.07) is 3.69. The maximum atomic E-state index is 13.3. The summed E-state index contributed by atoms with van der Waals surface area (Å²) >= 11 is 0. The summed E-state index contributed by atoms with van der Waals surface area (Å²) in [6.45, 7) is 0.0132. The fourth-order valence-corrected chi connectivity index (χ4v) is 1.39. The van der Waals surface area contributed by atoms with Crippen molar-refractivity contribution >= 4 is 6.29 Å². The first-order valence-electron chi connectivity index (χ1n) is 4.60. The third-order valence-corrected chi connectivity index (χ3v) is 2.18. The van der Waals surface area contributed by atoms with Crippen LogP contribution in [0.25, 0.3) is 0 Å². The summed E-state index contributed by atoms with van der Waals surface area (Å²) in [5.41, 5.74) is 0.189. The first kappa shape index (κ1) is 10.5. The van der Waals surface area contributed by atoms with Crippen LogP contribution in [0.3, 0.4) is 0 Å². The van der Waals surface area contributed by atoms with Gasteiger partial charge in [-0.15, -0.1) is 0 Å². The van der Waals surface area contributed by atoms with Gasteiger partial charge in [0.1, 0.15) is 17.3 Å². The molecule has 0 spiro atoms. The van der Waals surface area contributed by atoms with Crippen molar-refractivity contribution < 1.29 is 13.6 Å². The Kier molecular flexibility index (Phi) is 2.76. The number of aromatic nitrogens is 2. The van der Waals surface area contributed by atoms with Crippen LogP contribution in [0.2, 0.25) is 0 Å². The van der Waals surface area contributed by atoms with E-state index in [0.29, 0.717) is 6.29 Å². The number of halogens is 2. The second-order valence-electron chi connectivity index (χ2n) is 3.29. The molecular formula is C11H8F2N2O. The molecule has 1 heterocycles. The first-order chi connectivity index (χ1) is 7.70. The normalized spacial score (nSPS) is 10.4. The number of rotatable bonds is 3. The molecule has 2 aromatic rings. The zero-order valence-corrected chi connectivity index (χ0v) is 8.23. The lowest BCUT2D eigenvalue weighted by Crippen LogP contribution is -2.02. The van der Waals surface area contributed by atoms with Crippen molar-refractivity contribution in [3.63, 3.8) is 0 Å². The SMILES string of the molecule is O=Cc1cn(Cc2c(F)cccc2F)cn1. The summed E-state index contributed by atoms with van der Waals surface area (Å²) in [4.78, 5) is 14.1. The lowest BCUT2D eigenvalue weighted by Gasteiger charge is -2.04. The van der Waals surface area contributed by atoms with Gasteiger partial charge in [-0.3, -0.25) is 4.79 Å². The molecule has 5 heteroatoms. The molecule has 0 N–H and O–H groups in total. The number of nitrogens with zero attached hydrogens (tertiary/aromatic N) is 2. The molecule has 0 aliphatic carbocycles. The first-order valence-corrected chi connectivity index (χ1v) is 4.60. The van der Waals surface area contributed by atoms with Crippen molar-refractivity contribution in [2.75, 3.05) is 0 Å². The number of carbonyl (C=O) groups excluding carboxylic acids is 1. The summed E-state index contributed by atoms with van der Waals surface area (Å²) in [5.74, 6) is -1.22. The minimum absolute atomic E-state index is 0.0132. The average molecular weight is 222 g/mol. The Labute approximate surface area is 90.3 Å². The van der Waals surface area contributed by atoms with E-state index >= 15 is 0 Å². The van der Waals surface area contributed by atoms with Gasteiger partial charge in [-0.25, -0.2) is 13.8 Å². The Morgan fingerprint density at radius 1 is 1.31 bits per heavy atom. The van der Waals surface area contributed by atoms with E-state index in [1.54, 1.807) is 0 Å². The zero-order chi connectivity index (χ0) is 11.5. The van der Waals surface area contributed by atoms with Gasteiger partial charge in [0.2, 0.25) is 0 Å². The second kappa shape index (κ2) is 4.22. The van der Waals surface area contributed by atoms with Crippen molar-refractivity contribution in [2.24, 2.45) is 0 Å². The van der Waals surface area contributed by atoms with Crippen LogP contribution in [-0.2, 0) is 6.54 Å². The zero-order valence-electron chi connectivity index (χ0n) is 8.23. The fraction of sp³-hybridized carbons (Fsp3) is 0.0909. The molecule has 1 aromatic carbocycles. The van der Waals surface area contributed by atoms with Crippen LogP contribution >= 0.6 is 0 Å². The summed E-state index contributed by atoms with van der Waals surface area (Å²) in [7, 11) is 0. The average Bonchev–Trinajstić information content (AvgIpc) is 2.71. The quantitative estimate of drug-likeness (QED) is 0.744. The molecule has 16 heavy (non-hydrogen) atoms. The van der Waals surface area contributed by atoms with E-state index in [9.17, 15) is 13.6 Å². The van der Waals surface area contributed by atoms with Crippen molar-refractivity contribution in [3.8, 4) is 0 Å². The molecule has 0 unspecified atom stereocenters. The smallest absolute Gasteiger partial charge is 0.169 e. The summed E-state index contributed by atoms with van der Waals surface area (Å²) in [5, 5.41) is 0. The lowest BCUT2D eigenvalue weighted by atomic mass is 10.2. The maximum Gasteiger partial charge on any atom is 0.169 e. The van der Waals surface area contributed by atoms with Crippen molar-refractivity contribution in [3.05, 3.63) is 53.6 Å². The van der Waals surface area contributed by atoms with Gasteiger partial charge in [0.25, 0.3) is 0 Å². The van der Waals surface area contributed by atoms with E-state index in [1.165, 1.54) is 35.3 Å². The molecule has 0 amide bonds. The standard InChI is InChI=1S/C11H8F2N2O/c12-10-2-1-3-11(13)9(10)5-15-4-8(6-16)14-7-15/h1-4,6-7H,5H2. The van der Waals surface area contributed by atoms with E-state index in [2.05, 4.69) is 4.98 Å². The van der Waals surface area contributed by atoms with Gasteiger partial charge >= 0.3 is 0 Å². The van der Waals surface area contributed by atoms with E-state index in [4.69, 9.17) is 0 Å².